The number of likely N-dealkylation sites (N-methyl/N-ethyl adjacent to an activating group) is 1. The summed E-state index contributed by atoms with van der Waals surface area (Å²) >= 11 is 0. The number of hydrogen-bond acceptors (Lipinski definition) is 4. The van der Waals surface area contributed by atoms with E-state index in [2.05, 4.69) is 0 Å². The molecule has 1 aliphatic rings. The number of ether oxygens (including phenoxy) is 2. The van der Waals surface area contributed by atoms with Gasteiger partial charge in [0.25, 0.3) is 0 Å². The highest BCUT2D eigenvalue weighted by Gasteiger charge is 2.33. The smallest absolute Gasteiger partial charge is 0.410 e. The summed E-state index contributed by atoms with van der Waals surface area (Å²) in [7, 11) is 0. The molecule has 1 rings (SSSR count). The summed E-state index contributed by atoms with van der Waals surface area (Å²) in [5, 5.41) is 0. The molecule has 0 spiro atoms. The second-order valence-corrected chi connectivity index (χ2v) is 7.99. The predicted molar refractivity (Wildman–Crippen MR) is 89.4 cm³/mol. The summed E-state index contributed by atoms with van der Waals surface area (Å²) in [4.78, 5) is 28.0. The number of nitrogens with zero attached hydrogens (tertiary/aromatic N) is 2. The minimum absolute atomic E-state index is 0.0314. The van der Waals surface area contributed by atoms with E-state index in [1.807, 2.05) is 48.5 Å². The first-order chi connectivity index (χ1) is 10.4. The average molecular weight is 328 g/mol. The second-order valence-electron chi connectivity index (χ2n) is 7.99. The van der Waals surface area contributed by atoms with Crippen molar-refractivity contribution in [3.63, 3.8) is 0 Å². The lowest BCUT2D eigenvalue weighted by molar-refractivity contribution is -0.00450. The minimum atomic E-state index is -0.524. The zero-order valence-electron chi connectivity index (χ0n) is 15.6. The number of carbonyl (C=O) groups is 2. The Hall–Kier alpha value is -1.46. The summed E-state index contributed by atoms with van der Waals surface area (Å²) in [5.41, 5.74) is -1.04. The molecule has 23 heavy (non-hydrogen) atoms. The van der Waals surface area contributed by atoms with E-state index in [4.69, 9.17) is 9.47 Å². The molecule has 0 aromatic rings. The molecule has 1 heterocycles. The molecule has 6 nitrogen and oxygen atoms in total. The molecule has 1 aliphatic heterocycles. The zero-order valence-corrected chi connectivity index (χ0v) is 15.6. The summed E-state index contributed by atoms with van der Waals surface area (Å²) in [5.74, 6) is 0. The van der Waals surface area contributed by atoms with Crippen LogP contribution in [0, 0.1) is 0 Å². The van der Waals surface area contributed by atoms with E-state index in [9.17, 15) is 9.59 Å². The van der Waals surface area contributed by atoms with Crippen LogP contribution < -0.4 is 0 Å². The number of hydrogen-bond donors (Lipinski definition) is 0. The van der Waals surface area contributed by atoms with Gasteiger partial charge in [0.1, 0.15) is 11.2 Å². The lowest BCUT2D eigenvalue weighted by Gasteiger charge is -2.39. The zero-order chi connectivity index (χ0) is 17.8. The van der Waals surface area contributed by atoms with E-state index in [0.29, 0.717) is 19.6 Å². The maximum Gasteiger partial charge on any atom is 0.410 e. The number of amides is 2. The molecule has 0 aromatic carbocycles. The van der Waals surface area contributed by atoms with Gasteiger partial charge in [-0.1, -0.05) is 0 Å². The maximum atomic E-state index is 12.4. The van der Waals surface area contributed by atoms with E-state index < -0.39 is 11.2 Å². The molecule has 0 N–H and O–H groups in total. The molecular weight excluding hydrogens is 296 g/mol. The second kappa shape index (κ2) is 7.41. The molecular formula is C17H32N2O4. The van der Waals surface area contributed by atoms with E-state index in [-0.39, 0.29) is 18.2 Å². The van der Waals surface area contributed by atoms with Crippen molar-refractivity contribution in [1.29, 1.82) is 0 Å². The predicted octanol–water partition coefficient (Wildman–Crippen LogP) is 3.64. The molecule has 1 unspecified atom stereocenters. The van der Waals surface area contributed by atoms with Gasteiger partial charge >= 0.3 is 12.2 Å². The monoisotopic (exact) mass is 328 g/mol. The van der Waals surface area contributed by atoms with Crippen molar-refractivity contribution in [2.75, 3.05) is 19.6 Å². The van der Waals surface area contributed by atoms with Gasteiger partial charge in [-0.25, -0.2) is 9.59 Å². The standard InChI is InChI=1S/C17H32N2O4/c1-8-19(15(21)23-17(5,6)7)13-10-9-11-18(12-13)14(20)22-16(2,3)4/h13H,8-12H2,1-7H3. The lowest BCUT2D eigenvalue weighted by atomic mass is 10.0. The highest BCUT2D eigenvalue weighted by atomic mass is 16.6. The largest absolute Gasteiger partial charge is 0.444 e. The molecule has 1 fully saturated rings. The maximum absolute atomic E-state index is 12.4. The molecule has 2 amide bonds. The van der Waals surface area contributed by atoms with Gasteiger partial charge in [-0.3, -0.25) is 0 Å². The normalized spacial score (nSPS) is 19.3. The van der Waals surface area contributed by atoms with Crippen LogP contribution in [0.15, 0.2) is 0 Å². The van der Waals surface area contributed by atoms with Crippen molar-refractivity contribution >= 4 is 12.2 Å². The van der Waals surface area contributed by atoms with Crippen LogP contribution in [0.1, 0.15) is 61.3 Å². The Morgan fingerprint density at radius 1 is 1.09 bits per heavy atom. The van der Waals surface area contributed by atoms with Crippen LogP contribution >= 0.6 is 0 Å². The van der Waals surface area contributed by atoms with Crippen LogP contribution in [0.3, 0.4) is 0 Å². The first kappa shape index (κ1) is 19.6. The van der Waals surface area contributed by atoms with Gasteiger partial charge in [0, 0.05) is 19.6 Å². The SMILES string of the molecule is CCN(C(=O)OC(C)(C)C)C1CCCN(C(=O)OC(C)(C)C)C1. The molecule has 0 aromatic heterocycles. The van der Waals surface area contributed by atoms with Crippen molar-refractivity contribution in [3.8, 4) is 0 Å². The van der Waals surface area contributed by atoms with Crippen LogP contribution in [-0.4, -0.2) is 58.9 Å². The number of rotatable bonds is 2. The first-order valence-electron chi connectivity index (χ1n) is 8.40. The average Bonchev–Trinajstić information content (AvgIpc) is 2.35. The molecule has 0 aliphatic carbocycles. The van der Waals surface area contributed by atoms with Crippen molar-refractivity contribution in [3.05, 3.63) is 0 Å². The molecule has 6 heteroatoms. The Kier molecular flexibility index (Phi) is 6.31. The van der Waals surface area contributed by atoms with E-state index in [0.717, 1.165) is 12.8 Å². The fourth-order valence-electron chi connectivity index (χ4n) is 2.56. The van der Waals surface area contributed by atoms with Crippen LogP contribution in [-0.2, 0) is 9.47 Å². The molecule has 1 saturated heterocycles. The summed E-state index contributed by atoms with van der Waals surface area (Å²) < 4.78 is 10.9. The van der Waals surface area contributed by atoms with Crippen molar-refractivity contribution in [1.82, 2.24) is 9.80 Å². The molecule has 0 bridgehead atoms. The van der Waals surface area contributed by atoms with Gasteiger partial charge in [-0.15, -0.1) is 0 Å². The summed E-state index contributed by atoms with van der Waals surface area (Å²) in [6.07, 6.45) is 1.08. The Morgan fingerprint density at radius 3 is 2.13 bits per heavy atom. The van der Waals surface area contributed by atoms with Gasteiger partial charge in [0.05, 0.1) is 6.04 Å². The van der Waals surface area contributed by atoms with E-state index in [1.165, 1.54) is 0 Å². The van der Waals surface area contributed by atoms with Gasteiger partial charge in [0.15, 0.2) is 0 Å². The quantitative estimate of drug-likeness (QED) is 0.776. The highest BCUT2D eigenvalue weighted by molar-refractivity contribution is 5.70. The van der Waals surface area contributed by atoms with Gasteiger partial charge in [-0.2, -0.15) is 0 Å². The van der Waals surface area contributed by atoms with Gasteiger partial charge < -0.3 is 19.3 Å². The van der Waals surface area contributed by atoms with Crippen LogP contribution in [0.4, 0.5) is 9.59 Å². The number of piperidine rings is 1. The third-order valence-electron chi connectivity index (χ3n) is 3.46. The fraction of sp³-hybridized carbons (Fsp3) is 0.882. The molecule has 1 atom stereocenters. The Morgan fingerprint density at radius 2 is 1.65 bits per heavy atom. The summed E-state index contributed by atoms with van der Waals surface area (Å²) in [6, 6.07) is -0.0314. The van der Waals surface area contributed by atoms with E-state index in [1.54, 1.807) is 9.80 Å². The Labute approximate surface area is 140 Å². The third kappa shape index (κ3) is 6.67. The first-order valence-corrected chi connectivity index (χ1v) is 8.40. The Bertz CT molecular complexity index is 423. The van der Waals surface area contributed by atoms with Crippen LogP contribution in [0.2, 0.25) is 0 Å². The van der Waals surface area contributed by atoms with Crippen molar-refractivity contribution < 1.29 is 19.1 Å². The van der Waals surface area contributed by atoms with E-state index >= 15 is 0 Å². The van der Waals surface area contributed by atoms with Crippen LogP contribution in [0.25, 0.3) is 0 Å². The van der Waals surface area contributed by atoms with Crippen LogP contribution in [0.5, 0.6) is 0 Å². The number of likely N-dealkylation sites (tertiary alicyclic amines) is 1. The third-order valence-corrected chi connectivity index (χ3v) is 3.46. The molecule has 0 saturated carbocycles. The fourth-order valence-corrected chi connectivity index (χ4v) is 2.56. The van der Waals surface area contributed by atoms with Gasteiger partial charge in [0.2, 0.25) is 0 Å². The molecule has 0 radical (unpaired) electrons. The van der Waals surface area contributed by atoms with Crippen molar-refractivity contribution in [2.24, 2.45) is 0 Å². The molecule has 134 valence electrons. The topological polar surface area (TPSA) is 59.1 Å². The minimum Gasteiger partial charge on any atom is -0.444 e. The summed E-state index contributed by atoms with van der Waals surface area (Å²) in [6.45, 7) is 14.8. The highest BCUT2D eigenvalue weighted by Crippen LogP contribution is 2.21. The Balaban J connectivity index is 2.71. The van der Waals surface area contributed by atoms with Gasteiger partial charge in [-0.05, 0) is 61.3 Å². The van der Waals surface area contributed by atoms with Crippen molar-refractivity contribution in [2.45, 2.75) is 78.6 Å². The number of carbonyl (C=O) groups excluding carboxylic acids is 2. The lowest BCUT2D eigenvalue weighted by Crippen LogP contribution is -2.53.